The lowest BCUT2D eigenvalue weighted by molar-refractivity contribution is 0.674. The number of amidine groups is 2. The standard InChI is InChI=1S/C57H39N5/c1-4-17-38(18-5-1)55-58-56(39-19-6-2-7-20-39)60-57(59-55)43-23-14-22-42(35-43)46-29-16-30-49-47-27-10-13-32-52(47)62(54(46)49)45-26-15-21-40(36-45)41-33-34-53-50(37-41)48-28-11-12-31-51(48)61(53)44-24-8-3-9-25-44/h1-37,55H,(H,58,59,60). The fraction of sp³-hybridized carbons (Fsp3) is 0.0175. The SMILES string of the molecule is c1ccc(C2=NC(c3ccccc3)NC(c3cccc(-c4cccc5c6ccccc6n(-c6cccc(-c7ccc8c(c7)c7ccccc7n8-c7ccccc7)c6)c45)c3)=N2)cc1. The molecule has 1 N–H and O–H groups in total. The van der Waals surface area contributed by atoms with Crippen molar-refractivity contribution < 1.29 is 0 Å². The third-order valence-corrected chi connectivity index (χ3v) is 12.2. The Kier molecular flexibility index (Phi) is 8.49. The highest BCUT2D eigenvalue weighted by Crippen LogP contribution is 2.40. The summed E-state index contributed by atoms with van der Waals surface area (Å²) in [5, 5.41) is 8.57. The number of aliphatic imine (C=N–C) groups is 2. The fourth-order valence-corrected chi connectivity index (χ4v) is 9.30. The number of aromatic nitrogens is 2. The maximum absolute atomic E-state index is 5.13. The van der Waals surface area contributed by atoms with Gasteiger partial charge in [-0.05, 0) is 76.9 Å². The Morgan fingerprint density at radius 3 is 1.74 bits per heavy atom. The quantitative estimate of drug-likeness (QED) is 0.172. The van der Waals surface area contributed by atoms with Crippen molar-refractivity contribution in [2.45, 2.75) is 6.17 Å². The van der Waals surface area contributed by atoms with Crippen molar-refractivity contribution in [2.75, 3.05) is 0 Å². The molecule has 0 radical (unpaired) electrons. The number of nitrogens with one attached hydrogen (secondary N) is 1. The van der Waals surface area contributed by atoms with Crippen LogP contribution in [0.1, 0.15) is 22.9 Å². The lowest BCUT2D eigenvalue weighted by atomic mass is 9.99. The Morgan fingerprint density at radius 1 is 0.371 bits per heavy atom. The molecule has 12 rings (SSSR count). The molecular formula is C57H39N5. The van der Waals surface area contributed by atoms with E-state index in [2.05, 4.69) is 215 Å². The van der Waals surface area contributed by atoms with E-state index in [0.29, 0.717) is 5.84 Å². The summed E-state index contributed by atoms with van der Waals surface area (Å²) in [7, 11) is 0. The molecule has 2 aromatic heterocycles. The molecule has 0 spiro atoms. The van der Waals surface area contributed by atoms with Gasteiger partial charge < -0.3 is 14.5 Å². The Balaban J connectivity index is 0.990. The normalized spacial score (nSPS) is 14.0. The van der Waals surface area contributed by atoms with Crippen LogP contribution in [-0.2, 0) is 0 Å². The number of fused-ring (bicyclic) bond motifs is 6. The zero-order valence-electron chi connectivity index (χ0n) is 33.7. The average molecular weight is 794 g/mol. The van der Waals surface area contributed by atoms with E-state index in [9.17, 15) is 0 Å². The van der Waals surface area contributed by atoms with Gasteiger partial charge in [0.25, 0.3) is 0 Å². The van der Waals surface area contributed by atoms with Crippen LogP contribution in [0.2, 0.25) is 0 Å². The van der Waals surface area contributed by atoms with E-state index < -0.39 is 0 Å². The molecule has 0 saturated heterocycles. The smallest absolute Gasteiger partial charge is 0.159 e. The summed E-state index contributed by atoms with van der Waals surface area (Å²) in [6, 6.07) is 80.0. The molecule has 1 aliphatic rings. The van der Waals surface area contributed by atoms with Gasteiger partial charge in [0.05, 0.1) is 22.1 Å². The van der Waals surface area contributed by atoms with E-state index in [4.69, 9.17) is 9.98 Å². The first kappa shape index (κ1) is 35.6. The summed E-state index contributed by atoms with van der Waals surface area (Å²) in [4.78, 5) is 10.2. The third kappa shape index (κ3) is 6.02. The Bertz CT molecular complexity index is 3540. The predicted molar refractivity (Wildman–Crippen MR) is 258 cm³/mol. The molecule has 5 nitrogen and oxygen atoms in total. The van der Waals surface area contributed by atoms with Crippen LogP contribution in [0, 0.1) is 0 Å². The Labute approximate surface area is 359 Å². The fourth-order valence-electron chi connectivity index (χ4n) is 9.30. The van der Waals surface area contributed by atoms with Crippen molar-refractivity contribution in [2.24, 2.45) is 9.98 Å². The molecule has 0 saturated carbocycles. The number of rotatable bonds is 7. The van der Waals surface area contributed by atoms with Crippen LogP contribution in [0.15, 0.2) is 234 Å². The summed E-state index contributed by atoms with van der Waals surface area (Å²) in [5.41, 5.74) is 14.7. The van der Waals surface area contributed by atoms with Crippen LogP contribution in [0.25, 0.3) is 77.2 Å². The summed E-state index contributed by atoms with van der Waals surface area (Å²) in [5.74, 6) is 1.50. The second kappa shape index (κ2) is 14.8. The minimum Gasteiger partial charge on any atom is -0.344 e. The lowest BCUT2D eigenvalue weighted by Crippen LogP contribution is -2.33. The van der Waals surface area contributed by atoms with Gasteiger partial charge in [0, 0.05) is 49.6 Å². The van der Waals surface area contributed by atoms with Crippen molar-refractivity contribution >= 4 is 55.3 Å². The van der Waals surface area contributed by atoms with Crippen LogP contribution in [0.4, 0.5) is 0 Å². The summed E-state index contributed by atoms with van der Waals surface area (Å²) in [6.07, 6.45) is -0.274. The lowest BCUT2D eigenvalue weighted by Gasteiger charge is -2.24. The minimum absolute atomic E-state index is 0.274. The van der Waals surface area contributed by atoms with Gasteiger partial charge in [0.15, 0.2) is 5.84 Å². The van der Waals surface area contributed by atoms with Gasteiger partial charge in [-0.25, -0.2) is 9.98 Å². The van der Waals surface area contributed by atoms with E-state index in [1.807, 2.05) is 24.3 Å². The van der Waals surface area contributed by atoms with Crippen LogP contribution in [0.5, 0.6) is 0 Å². The highest BCUT2D eigenvalue weighted by atomic mass is 15.2. The van der Waals surface area contributed by atoms with Crippen molar-refractivity contribution in [3.8, 4) is 33.6 Å². The predicted octanol–water partition coefficient (Wildman–Crippen LogP) is 13.7. The topological polar surface area (TPSA) is 46.6 Å². The average Bonchev–Trinajstić information content (AvgIpc) is 3.88. The van der Waals surface area contributed by atoms with Crippen LogP contribution < -0.4 is 5.32 Å². The molecule has 0 amide bonds. The number of para-hydroxylation sites is 4. The molecule has 0 bridgehead atoms. The van der Waals surface area contributed by atoms with Crippen molar-refractivity contribution in [3.63, 3.8) is 0 Å². The number of benzene rings is 9. The van der Waals surface area contributed by atoms with Gasteiger partial charge in [-0.3, -0.25) is 0 Å². The first-order valence-corrected chi connectivity index (χ1v) is 21.1. The molecule has 292 valence electrons. The van der Waals surface area contributed by atoms with Crippen LogP contribution >= 0.6 is 0 Å². The summed E-state index contributed by atoms with van der Waals surface area (Å²) in [6.45, 7) is 0. The number of hydrogen-bond donors (Lipinski definition) is 1. The molecule has 0 aliphatic carbocycles. The second-order valence-corrected chi connectivity index (χ2v) is 15.8. The summed E-state index contributed by atoms with van der Waals surface area (Å²) >= 11 is 0. The first-order chi connectivity index (χ1) is 30.7. The molecule has 3 heterocycles. The number of nitrogens with zero attached hydrogens (tertiary/aromatic N) is 4. The van der Waals surface area contributed by atoms with Crippen LogP contribution in [0.3, 0.4) is 0 Å². The van der Waals surface area contributed by atoms with Gasteiger partial charge in [0.1, 0.15) is 12.0 Å². The van der Waals surface area contributed by atoms with E-state index >= 15 is 0 Å². The van der Waals surface area contributed by atoms with Gasteiger partial charge in [-0.2, -0.15) is 0 Å². The van der Waals surface area contributed by atoms with Gasteiger partial charge in [-0.15, -0.1) is 0 Å². The highest BCUT2D eigenvalue weighted by molar-refractivity contribution is 6.16. The monoisotopic (exact) mass is 793 g/mol. The first-order valence-electron chi connectivity index (χ1n) is 21.1. The van der Waals surface area contributed by atoms with Gasteiger partial charge >= 0.3 is 0 Å². The Hall–Kier alpha value is -8.28. The second-order valence-electron chi connectivity index (χ2n) is 15.8. The van der Waals surface area contributed by atoms with E-state index in [1.54, 1.807) is 0 Å². The Morgan fingerprint density at radius 2 is 0.935 bits per heavy atom. The van der Waals surface area contributed by atoms with Crippen LogP contribution in [-0.4, -0.2) is 20.8 Å². The highest BCUT2D eigenvalue weighted by Gasteiger charge is 2.23. The molecular weight excluding hydrogens is 755 g/mol. The molecule has 9 aromatic carbocycles. The van der Waals surface area contributed by atoms with Crippen molar-refractivity contribution in [3.05, 3.63) is 241 Å². The third-order valence-electron chi connectivity index (χ3n) is 12.2. The van der Waals surface area contributed by atoms with E-state index in [-0.39, 0.29) is 6.17 Å². The van der Waals surface area contributed by atoms with Crippen molar-refractivity contribution in [1.29, 1.82) is 0 Å². The van der Waals surface area contributed by atoms with E-state index in [1.165, 1.54) is 38.1 Å². The molecule has 1 atom stereocenters. The maximum atomic E-state index is 5.13. The summed E-state index contributed by atoms with van der Waals surface area (Å²) < 4.78 is 4.81. The van der Waals surface area contributed by atoms with E-state index in [0.717, 1.165) is 61.6 Å². The maximum Gasteiger partial charge on any atom is 0.159 e. The molecule has 0 fully saturated rings. The molecule has 1 unspecified atom stereocenters. The zero-order chi connectivity index (χ0) is 41.0. The number of hydrogen-bond acceptors (Lipinski definition) is 3. The molecule has 62 heavy (non-hydrogen) atoms. The minimum atomic E-state index is -0.274. The van der Waals surface area contributed by atoms with Crippen molar-refractivity contribution in [1.82, 2.24) is 14.5 Å². The molecule has 1 aliphatic heterocycles. The zero-order valence-corrected chi connectivity index (χ0v) is 33.7. The molecule has 5 heteroatoms. The molecule has 11 aromatic rings. The van der Waals surface area contributed by atoms with Gasteiger partial charge in [0.2, 0.25) is 0 Å². The van der Waals surface area contributed by atoms with Gasteiger partial charge in [-0.1, -0.05) is 170 Å². The largest absolute Gasteiger partial charge is 0.344 e.